The van der Waals surface area contributed by atoms with E-state index in [2.05, 4.69) is 0 Å². The predicted octanol–water partition coefficient (Wildman–Crippen LogP) is 3.44. The molecule has 3 aromatic carbocycles. The molecule has 0 atom stereocenters. The molecule has 6 nitrogen and oxygen atoms in total. The number of carbonyl (C=O) groups excluding carboxylic acids is 2. The number of ether oxygens (including phenoxy) is 1. The molecule has 6 heteroatoms. The maximum Gasteiger partial charge on any atom is 0.266 e. The van der Waals surface area contributed by atoms with Gasteiger partial charge in [-0.25, -0.2) is 4.90 Å². The van der Waals surface area contributed by atoms with Crippen LogP contribution in [0.3, 0.4) is 0 Å². The molecule has 3 aromatic rings. The van der Waals surface area contributed by atoms with Crippen LogP contribution in [-0.2, 0) is 0 Å². The molecule has 0 spiro atoms. The van der Waals surface area contributed by atoms with Gasteiger partial charge < -0.3 is 16.2 Å². The Morgan fingerprint density at radius 1 is 0.692 bits per heavy atom. The van der Waals surface area contributed by atoms with Gasteiger partial charge in [0.25, 0.3) is 11.8 Å². The summed E-state index contributed by atoms with van der Waals surface area (Å²) in [6, 6.07) is 18.4. The van der Waals surface area contributed by atoms with E-state index in [9.17, 15) is 9.59 Å². The highest BCUT2D eigenvalue weighted by molar-refractivity contribution is 6.34. The van der Waals surface area contributed by atoms with E-state index in [1.165, 1.54) is 0 Å². The molecule has 4 N–H and O–H groups in total. The van der Waals surface area contributed by atoms with Crippen molar-refractivity contribution in [2.24, 2.45) is 0 Å². The van der Waals surface area contributed by atoms with Gasteiger partial charge >= 0.3 is 0 Å². The molecule has 0 radical (unpaired) electrons. The van der Waals surface area contributed by atoms with E-state index in [-0.39, 0.29) is 5.91 Å². The topological polar surface area (TPSA) is 98.7 Å². The van der Waals surface area contributed by atoms with Crippen molar-refractivity contribution in [3.63, 3.8) is 0 Å². The third-order valence-corrected chi connectivity index (χ3v) is 4.10. The SMILES string of the molecule is Nc1ccc(Oc2ccc3c(c2)C(=O)N(c2cccc(N)c2)C3=O)cc1. The number of nitrogens with two attached hydrogens (primary N) is 2. The Balaban J connectivity index is 1.67. The normalized spacial score (nSPS) is 13.0. The van der Waals surface area contributed by atoms with Gasteiger partial charge in [0.2, 0.25) is 0 Å². The second kappa shape index (κ2) is 5.93. The minimum absolute atomic E-state index is 0.297. The van der Waals surface area contributed by atoms with Gasteiger partial charge in [0.1, 0.15) is 11.5 Å². The molecule has 4 rings (SSSR count). The summed E-state index contributed by atoms with van der Waals surface area (Å²) < 4.78 is 5.74. The van der Waals surface area contributed by atoms with E-state index in [0.717, 1.165) is 4.90 Å². The minimum atomic E-state index is -0.404. The molecule has 0 aromatic heterocycles. The van der Waals surface area contributed by atoms with E-state index >= 15 is 0 Å². The maximum absolute atomic E-state index is 12.8. The molecule has 0 fully saturated rings. The quantitative estimate of drug-likeness (QED) is 0.559. The van der Waals surface area contributed by atoms with Crippen molar-refractivity contribution in [3.8, 4) is 11.5 Å². The molecular formula is C20H15N3O3. The lowest BCUT2D eigenvalue weighted by atomic mass is 10.1. The number of imide groups is 1. The lowest BCUT2D eigenvalue weighted by molar-refractivity contribution is 0.0926. The molecular weight excluding hydrogens is 330 g/mol. The van der Waals surface area contributed by atoms with Crippen LogP contribution >= 0.6 is 0 Å². The fourth-order valence-corrected chi connectivity index (χ4v) is 2.85. The average molecular weight is 345 g/mol. The second-order valence-electron chi connectivity index (χ2n) is 5.92. The van der Waals surface area contributed by atoms with Gasteiger partial charge in [0.15, 0.2) is 0 Å². The molecule has 1 aliphatic heterocycles. The molecule has 0 unspecified atom stereocenters. The van der Waals surface area contributed by atoms with Crippen LogP contribution in [0.2, 0.25) is 0 Å². The van der Waals surface area contributed by atoms with Gasteiger partial charge in [-0.05, 0) is 60.7 Å². The summed E-state index contributed by atoms with van der Waals surface area (Å²) in [6.07, 6.45) is 0. The van der Waals surface area contributed by atoms with Gasteiger partial charge in [-0.1, -0.05) is 6.07 Å². The Morgan fingerprint density at radius 3 is 2.12 bits per heavy atom. The first-order chi connectivity index (χ1) is 12.5. The highest BCUT2D eigenvalue weighted by Crippen LogP contribution is 2.33. The lowest BCUT2D eigenvalue weighted by Gasteiger charge is -2.14. The summed E-state index contributed by atoms with van der Waals surface area (Å²) >= 11 is 0. The van der Waals surface area contributed by atoms with Crippen LogP contribution < -0.4 is 21.1 Å². The first-order valence-electron chi connectivity index (χ1n) is 7.95. The van der Waals surface area contributed by atoms with Crippen molar-refractivity contribution in [1.82, 2.24) is 0 Å². The van der Waals surface area contributed by atoms with E-state index < -0.39 is 5.91 Å². The number of hydrogen-bond donors (Lipinski definition) is 2. The molecule has 1 heterocycles. The van der Waals surface area contributed by atoms with E-state index in [0.29, 0.717) is 39.7 Å². The van der Waals surface area contributed by atoms with Crippen molar-refractivity contribution in [3.05, 3.63) is 77.9 Å². The Hall–Kier alpha value is -3.80. The largest absolute Gasteiger partial charge is 0.457 e. The summed E-state index contributed by atoms with van der Waals surface area (Å²) in [5.74, 6) is 0.265. The number of carbonyl (C=O) groups is 2. The van der Waals surface area contributed by atoms with Crippen LogP contribution in [0.5, 0.6) is 11.5 Å². The number of nitrogens with zero attached hydrogens (tertiary/aromatic N) is 1. The molecule has 0 aliphatic carbocycles. The van der Waals surface area contributed by atoms with Crippen LogP contribution in [0.4, 0.5) is 17.1 Å². The van der Waals surface area contributed by atoms with Crippen LogP contribution in [0.25, 0.3) is 0 Å². The maximum atomic E-state index is 12.8. The fraction of sp³-hybridized carbons (Fsp3) is 0. The molecule has 1 aliphatic rings. The highest BCUT2D eigenvalue weighted by atomic mass is 16.5. The van der Waals surface area contributed by atoms with Crippen molar-refractivity contribution in [1.29, 1.82) is 0 Å². The Kier molecular flexibility index (Phi) is 3.58. The number of benzene rings is 3. The third-order valence-electron chi connectivity index (χ3n) is 4.10. The fourth-order valence-electron chi connectivity index (χ4n) is 2.85. The number of hydrogen-bond acceptors (Lipinski definition) is 5. The van der Waals surface area contributed by atoms with Crippen molar-refractivity contribution < 1.29 is 14.3 Å². The summed E-state index contributed by atoms with van der Waals surface area (Å²) in [5, 5.41) is 0. The summed E-state index contributed by atoms with van der Waals surface area (Å²) in [7, 11) is 0. The second-order valence-corrected chi connectivity index (χ2v) is 5.92. The van der Waals surface area contributed by atoms with E-state index in [4.69, 9.17) is 16.2 Å². The standard InChI is InChI=1S/C20H15N3O3/c21-12-4-6-15(7-5-12)26-16-8-9-17-18(11-16)20(25)23(19(17)24)14-3-1-2-13(22)10-14/h1-11H,21-22H2. The summed E-state index contributed by atoms with van der Waals surface area (Å²) in [6.45, 7) is 0. The third kappa shape index (κ3) is 2.63. The average Bonchev–Trinajstić information content (AvgIpc) is 2.87. The van der Waals surface area contributed by atoms with Gasteiger partial charge in [-0.3, -0.25) is 9.59 Å². The van der Waals surface area contributed by atoms with Crippen LogP contribution in [0.15, 0.2) is 66.7 Å². The van der Waals surface area contributed by atoms with E-state index in [1.54, 1.807) is 66.7 Å². The van der Waals surface area contributed by atoms with Crippen LogP contribution in [0, 0.1) is 0 Å². The summed E-state index contributed by atoms with van der Waals surface area (Å²) in [4.78, 5) is 26.5. The van der Waals surface area contributed by atoms with Gasteiger partial charge in [0, 0.05) is 11.4 Å². The number of fused-ring (bicyclic) bond motifs is 1. The van der Waals surface area contributed by atoms with Crippen molar-refractivity contribution >= 4 is 28.9 Å². The zero-order valence-electron chi connectivity index (χ0n) is 13.7. The Labute approximate surface area is 149 Å². The minimum Gasteiger partial charge on any atom is -0.457 e. The van der Waals surface area contributed by atoms with Gasteiger partial charge in [-0.2, -0.15) is 0 Å². The van der Waals surface area contributed by atoms with Gasteiger partial charge in [0.05, 0.1) is 16.8 Å². The number of rotatable bonds is 3. The molecule has 0 saturated heterocycles. The van der Waals surface area contributed by atoms with Crippen LogP contribution in [-0.4, -0.2) is 11.8 Å². The Bertz CT molecular complexity index is 1030. The predicted molar refractivity (Wildman–Crippen MR) is 99.4 cm³/mol. The molecule has 128 valence electrons. The van der Waals surface area contributed by atoms with Crippen LogP contribution in [0.1, 0.15) is 20.7 Å². The van der Waals surface area contributed by atoms with E-state index in [1.807, 2.05) is 0 Å². The van der Waals surface area contributed by atoms with Gasteiger partial charge in [-0.15, -0.1) is 0 Å². The number of anilines is 3. The molecule has 2 amide bonds. The number of nitrogen functional groups attached to an aromatic ring is 2. The lowest BCUT2D eigenvalue weighted by Crippen LogP contribution is -2.29. The molecule has 26 heavy (non-hydrogen) atoms. The summed E-state index contributed by atoms with van der Waals surface area (Å²) in [5.41, 5.74) is 13.6. The molecule has 0 saturated carbocycles. The Morgan fingerprint density at radius 2 is 1.38 bits per heavy atom. The first-order valence-corrected chi connectivity index (χ1v) is 7.95. The zero-order chi connectivity index (χ0) is 18.3. The smallest absolute Gasteiger partial charge is 0.266 e. The van der Waals surface area contributed by atoms with Crippen molar-refractivity contribution in [2.45, 2.75) is 0 Å². The zero-order valence-corrected chi connectivity index (χ0v) is 13.7. The highest BCUT2D eigenvalue weighted by Gasteiger charge is 2.37. The number of amides is 2. The first kappa shape index (κ1) is 15.7. The van der Waals surface area contributed by atoms with Crippen molar-refractivity contribution in [2.75, 3.05) is 16.4 Å². The molecule has 0 bridgehead atoms. The monoisotopic (exact) mass is 345 g/mol.